The number of ketones is 1. The van der Waals surface area contributed by atoms with E-state index in [2.05, 4.69) is 26.1 Å². The van der Waals surface area contributed by atoms with Crippen molar-refractivity contribution in [1.82, 2.24) is 4.98 Å². The van der Waals surface area contributed by atoms with Crippen molar-refractivity contribution in [2.45, 2.75) is 27.2 Å². The highest BCUT2D eigenvalue weighted by atomic mass is 35.5. The highest BCUT2D eigenvalue weighted by Crippen LogP contribution is 2.30. The fraction of sp³-hybridized carbons (Fsp3) is 0.143. The Morgan fingerprint density at radius 1 is 0.955 bits per heavy atom. The molecule has 1 amide bonds. The number of nitrogens with one attached hydrogen (secondary N) is 5. The third kappa shape index (κ3) is 8.15. The number of carbonyl (C=O) groups excluding carboxylic acids is 2. The van der Waals surface area contributed by atoms with E-state index in [9.17, 15) is 30.4 Å². The van der Waals surface area contributed by atoms with Gasteiger partial charge < -0.3 is 21.0 Å². The van der Waals surface area contributed by atoms with Crippen LogP contribution in [0.15, 0.2) is 59.7 Å². The summed E-state index contributed by atoms with van der Waals surface area (Å²) in [5.74, 6) is -1.16. The maximum Gasteiger partial charge on any atom is 0.272 e. The van der Waals surface area contributed by atoms with Crippen LogP contribution in [0.5, 0.6) is 0 Å². The number of carbonyl (C=O) groups is 2. The Morgan fingerprint density at radius 3 is 2.34 bits per heavy atom. The van der Waals surface area contributed by atoms with E-state index in [1.807, 2.05) is 26.0 Å². The molecule has 4 aromatic rings. The second-order valence-electron chi connectivity index (χ2n) is 9.60. The first-order valence-electron chi connectivity index (χ1n) is 12.9. The van der Waals surface area contributed by atoms with Crippen molar-refractivity contribution in [2.75, 3.05) is 16.1 Å². The molecule has 0 bridgehead atoms. The molecule has 0 aliphatic rings. The molecule has 230 valence electrons. The first kappa shape index (κ1) is 32.9. The van der Waals surface area contributed by atoms with Gasteiger partial charge in [0.25, 0.3) is 5.91 Å². The third-order valence-electron chi connectivity index (χ3n) is 6.25. The number of benzene rings is 3. The minimum absolute atomic E-state index is 0.0751. The molecule has 0 saturated carbocycles. The van der Waals surface area contributed by atoms with Crippen LogP contribution in [0, 0.1) is 31.2 Å². The standard InChI is InChI=1S/C28H27Cl2N7O6S/c1-14-4-8-21(15(2)10-14)33-27(39)23(35-34-22-9-6-18(36(40)41)12-24(22)37(42)43)13-25(38)26-16(3)31-28(44-26)32-17-5-7-19(29)20(30)11-17/h4-12,34,36-37,40,42H,13H2,1-3H3,(H,31,32)(H,33,39)/b35-23+. The van der Waals surface area contributed by atoms with Crippen LogP contribution >= 0.6 is 34.5 Å². The van der Waals surface area contributed by atoms with Gasteiger partial charge in [0.05, 0.1) is 33.1 Å². The lowest BCUT2D eigenvalue weighted by Gasteiger charge is -2.18. The van der Waals surface area contributed by atoms with E-state index < -0.39 is 28.6 Å². The molecule has 13 nitrogen and oxygen atoms in total. The second-order valence-corrected chi connectivity index (χ2v) is 11.4. The Balaban J connectivity index is 1.63. The number of quaternary nitrogens is 2. The highest BCUT2D eigenvalue weighted by Gasteiger charge is 2.23. The smallest absolute Gasteiger partial charge is 0.272 e. The van der Waals surface area contributed by atoms with Gasteiger partial charge >= 0.3 is 0 Å². The number of amides is 1. The summed E-state index contributed by atoms with van der Waals surface area (Å²) in [5.41, 5.74) is 4.87. The van der Waals surface area contributed by atoms with Crippen molar-refractivity contribution in [3.05, 3.63) is 96.8 Å². The molecule has 2 atom stereocenters. The Morgan fingerprint density at radius 2 is 1.68 bits per heavy atom. The molecule has 44 heavy (non-hydrogen) atoms. The monoisotopic (exact) mass is 659 g/mol. The Labute approximate surface area is 265 Å². The maximum absolute atomic E-state index is 13.5. The first-order chi connectivity index (χ1) is 20.8. The van der Waals surface area contributed by atoms with E-state index in [0.717, 1.165) is 28.5 Å². The molecule has 0 aliphatic heterocycles. The quantitative estimate of drug-likeness (QED) is 0.0684. The van der Waals surface area contributed by atoms with Gasteiger partial charge in [-0.2, -0.15) is 15.6 Å². The number of Topliss-reactive ketones (excluding diaryl/α,β-unsaturated/α-hetero) is 1. The zero-order valence-electron chi connectivity index (χ0n) is 23.5. The zero-order chi connectivity index (χ0) is 32.1. The molecule has 2 unspecified atom stereocenters. The van der Waals surface area contributed by atoms with Crippen LogP contribution in [0.3, 0.4) is 0 Å². The number of hydrogen-bond acceptors (Lipinski definition) is 11. The SMILES string of the molecule is Cc1ccc(NC(=O)/C(CC(=O)c2sc(Nc3ccc(Cl)c(Cl)c3)nc2C)=N/Nc2ccc([NH+]([O-])O)cc2[NH+]([O-])O)c(C)c1. The fourth-order valence-corrected chi connectivity index (χ4v) is 5.26. The van der Waals surface area contributed by atoms with Gasteiger partial charge in [0.1, 0.15) is 11.4 Å². The number of anilines is 4. The summed E-state index contributed by atoms with van der Waals surface area (Å²) in [6.07, 6.45) is -0.464. The molecular weight excluding hydrogens is 633 g/mol. The van der Waals surface area contributed by atoms with Crippen molar-refractivity contribution < 1.29 is 30.5 Å². The van der Waals surface area contributed by atoms with Crippen LogP contribution in [-0.2, 0) is 4.79 Å². The summed E-state index contributed by atoms with van der Waals surface area (Å²) >= 11 is 13.1. The maximum atomic E-state index is 13.5. The number of hydrazone groups is 1. The molecule has 0 radical (unpaired) electrons. The van der Waals surface area contributed by atoms with Crippen molar-refractivity contribution in [1.29, 1.82) is 0 Å². The van der Waals surface area contributed by atoms with Gasteiger partial charge in [-0.1, -0.05) is 52.2 Å². The van der Waals surface area contributed by atoms with Gasteiger partial charge in [0, 0.05) is 17.4 Å². The molecule has 1 aromatic heterocycles. The molecule has 1 heterocycles. The number of hydrogen-bond donors (Lipinski definition) is 7. The molecule has 0 fully saturated rings. The second kappa shape index (κ2) is 14.2. The van der Waals surface area contributed by atoms with Crippen molar-refractivity contribution in [3.8, 4) is 0 Å². The van der Waals surface area contributed by atoms with E-state index in [4.69, 9.17) is 23.2 Å². The van der Waals surface area contributed by atoms with Crippen molar-refractivity contribution >= 4 is 85.5 Å². The Kier molecular flexibility index (Phi) is 10.6. The van der Waals surface area contributed by atoms with Gasteiger partial charge in [-0.25, -0.2) is 15.4 Å². The van der Waals surface area contributed by atoms with Crippen LogP contribution in [0.2, 0.25) is 10.0 Å². The molecule has 3 aromatic carbocycles. The van der Waals surface area contributed by atoms with Gasteiger partial charge in [0.15, 0.2) is 22.3 Å². The summed E-state index contributed by atoms with van der Waals surface area (Å²) in [6.45, 7) is 5.37. The minimum atomic E-state index is -1.41. The van der Waals surface area contributed by atoms with E-state index >= 15 is 0 Å². The van der Waals surface area contributed by atoms with E-state index in [0.29, 0.717) is 32.2 Å². The number of nitrogens with zero attached hydrogens (tertiary/aromatic N) is 2. The fourth-order valence-electron chi connectivity index (χ4n) is 4.04. The van der Waals surface area contributed by atoms with Gasteiger partial charge in [0.2, 0.25) is 0 Å². The molecule has 0 aliphatic carbocycles. The third-order valence-corrected chi connectivity index (χ3v) is 8.10. The van der Waals surface area contributed by atoms with Crippen molar-refractivity contribution in [3.63, 3.8) is 0 Å². The average molecular weight is 661 g/mol. The first-order valence-corrected chi connectivity index (χ1v) is 14.4. The zero-order valence-corrected chi connectivity index (χ0v) is 25.8. The van der Waals surface area contributed by atoms with E-state index in [-0.39, 0.29) is 27.7 Å². The summed E-state index contributed by atoms with van der Waals surface area (Å²) in [4.78, 5) is 31.6. The number of thiazole rings is 1. The van der Waals surface area contributed by atoms with Gasteiger partial charge in [-0.05, 0) is 56.7 Å². The van der Waals surface area contributed by atoms with Crippen LogP contribution in [-0.4, -0.2) is 32.8 Å². The van der Waals surface area contributed by atoms with Crippen LogP contribution in [0.1, 0.15) is 32.9 Å². The van der Waals surface area contributed by atoms with Crippen LogP contribution < -0.4 is 26.5 Å². The number of halogens is 2. The molecule has 16 heteroatoms. The summed E-state index contributed by atoms with van der Waals surface area (Å²) < 4.78 is 0. The minimum Gasteiger partial charge on any atom is -0.595 e. The predicted molar refractivity (Wildman–Crippen MR) is 169 cm³/mol. The molecule has 7 N–H and O–H groups in total. The largest absolute Gasteiger partial charge is 0.595 e. The lowest BCUT2D eigenvalue weighted by molar-refractivity contribution is -0.996. The lowest BCUT2D eigenvalue weighted by Crippen LogP contribution is -3.00. The topological polar surface area (TPSA) is 191 Å². The number of aryl methyl sites for hydroxylation is 3. The average Bonchev–Trinajstić information content (AvgIpc) is 3.33. The van der Waals surface area contributed by atoms with Gasteiger partial charge in [-0.15, -0.1) is 0 Å². The number of aromatic nitrogens is 1. The summed E-state index contributed by atoms with van der Waals surface area (Å²) in [6, 6.07) is 13.7. The Bertz CT molecular complexity index is 1750. The van der Waals surface area contributed by atoms with Crippen molar-refractivity contribution in [2.24, 2.45) is 5.10 Å². The predicted octanol–water partition coefficient (Wildman–Crippen LogP) is 4.61. The summed E-state index contributed by atoms with van der Waals surface area (Å²) in [7, 11) is 0. The summed E-state index contributed by atoms with van der Waals surface area (Å²) in [5, 5.41) is 50.3. The van der Waals surface area contributed by atoms with Crippen LogP contribution in [0.25, 0.3) is 0 Å². The normalized spacial score (nSPS) is 12.9. The molecule has 4 rings (SSSR count). The lowest BCUT2D eigenvalue weighted by atomic mass is 10.1. The molecule has 0 spiro atoms. The van der Waals surface area contributed by atoms with Gasteiger partial charge in [-0.3, -0.25) is 15.0 Å². The van der Waals surface area contributed by atoms with E-state index in [1.165, 1.54) is 12.1 Å². The number of rotatable bonds is 11. The van der Waals surface area contributed by atoms with E-state index in [1.54, 1.807) is 31.2 Å². The Hall–Kier alpha value is -3.96. The molecular formula is C28H27Cl2N7O6S. The van der Waals surface area contributed by atoms with Crippen LogP contribution in [0.4, 0.5) is 33.6 Å². The molecule has 0 saturated heterocycles. The highest BCUT2D eigenvalue weighted by molar-refractivity contribution is 7.17.